The Morgan fingerprint density at radius 3 is 2.50 bits per heavy atom. The van der Waals surface area contributed by atoms with Gasteiger partial charge in [0.1, 0.15) is 6.10 Å². The van der Waals surface area contributed by atoms with E-state index in [0.717, 1.165) is 10.0 Å². The average Bonchev–Trinajstić information content (AvgIpc) is 2.39. The van der Waals surface area contributed by atoms with Crippen molar-refractivity contribution in [1.29, 1.82) is 0 Å². The lowest BCUT2D eigenvalue weighted by Crippen LogP contribution is -2.14. The summed E-state index contributed by atoms with van der Waals surface area (Å²) in [7, 11) is 0. The summed E-state index contributed by atoms with van der Waals surface area (Å²) in [6.07, 6.45) is -0.819. The Labute approximate surface area is 114 Å². The number of ketones is 1. The molecule has 0 amide bonds. The van der Waals surface area contributed by atoms with Gasteiger partial charge in [-0.05, 0) is 23.3 Å². The van der Waals surface area contributed by atoms with Crippen molar-refractivity contribution >= 4 is 21.7 Å². The number of aliphatic hydroxyl groups is 1. The molecule has 2 rings (SSSR count). The van der Waals surface area contributed by atoms with Gasteiger partial charge >= 0.3 is 0 Å². The van der Waals surface area contributed by atoms with Crippen LogP contribution >= 0.6 is 15.9 Å². The Morgan fingerprint density at radius 2 is 1.83 bits per heavy atom. The normalized spacial score (nSPS) is 12.1. The third kappa shape index (κ3) is 3.28. The molecule has 2 nitrogen and oxygen atoms in total. The van der Waals surface area contributed by atoms with Gasteiger partial charge in [-0.3, -0.25) is 4.79 Å². The summed E-state index contributed by atoms with van der Waals surface area (Å²) in [6.45, 7) is 0. The summed E-state index contributed by atoms with van der Waals surface area (Å²) in [4.78, 5) is 12.0. The highest BCUT2D eigenvalue weighted by Gasteiger charge is 2.17. The highest BCUT2D eigenvalue weighted by molar-refractivity contribution is 9.10. The van der Waals surface area contributed by atoms with Crippen molar-refractivity contribution in [2.75, 3.05) is 0 Å². The predicted molar refractivity (Wildman–Crippen MR) is 74.3 cm³/mol. The molecule has 0 spiro atoms. The van der Waals surface area contributed by atoms with E-state index in [4.69, 9.17) is 0 Å². The van der Waals surface area contributed by atoms with Gasteiger partial charge in [-0.15, -0.1) is 0 Å². The molecule has 0 bridgehead atoms. The molecule has 1 N–H and O–H groups in total. The summed E-state index contributed by atoms with van der Waals surface area (Å²) in [5.74, 6) is -0.195. The SMILES string of the molecule is O=C(Cc1cccc(Br)c1)C(O)c1ccccc1. The van der Waals surface area contributed by atoms with Gasteiger partial charge in [0.15, 0.2) is 5.78 Å². The Hall–Kier alpha value is -1.45. The molecular formula is C15H13BrO2. The molecule has 0 saturated carbocycles. The number of carbonyl (C=O) groups is 1. The van der Waals surface area contributed by atoms with Gasteiger partial charge in [0.2, 0.25) is 0 Å². The number of rotatable bonds is 4. The van der Waals surface area contributed by atoms with Gasteiger partial charge in [0.05, 0.1) is 0 Å². The highest BCUT2D eigenvalue weighted by Crippen LogP contribution is 2.17. The second-order valence-electron chi connectivity index (χ2n) is 4.09. The van der Waals surface area contributed by atoms with E-state index < -0.39 is 6.10 Å². The number of Topliss-reactive ketones (excluding diaryl/α,β-unsaturated/α-hetero) is 1. The van der Waals surface area contributed by atoms with Crippen LogP contribution in [0.15, 0.2) is 59.1 Å². The predicted octanol–water partition coefficient (Wildman–Crippen LogP) is 3.29. The first-order valence-corrected chi connectivity index (χ1v) is 6.46. The third-order valence-electron chi connectivity index (χ3n) is 2.69. The fourth-order valence-electron chi connectivity index (χ4n) is 1.77. The van der Waals surface area contributed by atoms with Crippen LogP contribution in [0.2, 0.25) is 0 Å². The molecule has 0 fully saturated rings. The molecule has 1 unspecified atom stereocenters. The first-order chi connectivity index (χ1) is 8.66. The summed E-state index contributed by atoms with van der Waals surface area (Å²) in [5.41, 5.74) is 1.53. The molecule has 0 aliphatic carbocycles. The van der Waals surface area contributed by atoms with Crippen molar-refractivity contribution in [3.05, 3.63) is 70.2 Å². The molecular weight excluding hydrogens is 292 g/mol. The van der Waals surface area contributed by atoms with Crippen molar-refractivity contribution in [2.45, 2.75) is 12.5 Å². The molecule has 0 aromatic heterocycles. The number of halogens is 1. The lowest BCUT2D eigenvalue weighted by molar-refractivity contribution is -0.126. The zero-order valence-corrected chi connectivity index (χ0v) is 11.3. The topological polar surface area (TPSA) is 37.3 Å². The van der Waals surface area contributed by atoms with Crippen LogP contribution in [-0.2, 0) is 11.2 Å². The Kier molecular flexibility index (Phi) is 4.28. The maximum absolute atomic E-state index is 12.0. The number of hydrogen-bond acceptors (Lipinski definition) is 2. The molecule has 0 aliphatic heterocycles. The van der Waals surface area contributed by atoms with E-state index in [2.05, 4.69) is 15.9 Å². The Morgan fingerprint density at radius 1 is 1.11 bits per heavy atom. The summed E-state index contributed by atoms with van der Waals surface area (Å²) >= 11 is 3.36. The van der Waals surface area contributed by atoms with Crippen LogP contribution < -0.4 is 0 Å². The van der Waals surface area contributed by atoms with E-state index in [1.165, 1.54) is 0 Å². The van der Waals surface area contributed by atoms with Crippen LogP contribution in [-0.4, -0.2) is 10.9 Å². The van der Waals surface area contributed by atoms with Crippen LogP contribution in [0.3, 0.4) is 0 Å². The van der Waals surface area contributed by atoms with E-state index in [9.17, 15) is 9.90 Å². The van der Waals surface area contributed by atoms with Gasteiger partial charge in [0, 0.05) is 10.9 Å². The Bertz CT molecular complexity index is 537. The molecule has 2 aromatic carbocycles. The highest BCUT2D eigenvalue weighted by atomic mass is 79.9. The third-order valence-corrected chi connectivity index (χ3v) is 3.18. The molecule has 0 radical (unpaired) electrons. The van der Waals surface area contributed by atoms with Crippen molar-refractivity contribution in [1.82, 2.24) is 0 Å². The van der Waals surface area contributed by atoms with E-state index in [0.29, 0.717) is 5.56 Å². The molecule has 0 saturated heterocycles. The fourth-order valence-corrected chi connectivity index (χ4v) is 2.21. The number of carbonyl (C=O) groups excluding carboxylic acids is 1. The Balaban J connectivity index is 2.09. The van der Waals surface area contributed by atoms with Crippen molar-refractivity contribution < 1.29 is 9.90 Å². The van der Waals surface area contributed by atoms with Crippen LogP contribution in [0.1, 0.15) is 17.2 Å². The molecule has 92 valence electrons. The largest absolute Gasteiger partial charge is 0.381 e. The van der Waals surface area contributed by atoms with E-state index in [1.807, 2.05) is 42.5 Å². The maximum atomic E-state index is 12.0. The van der Waals surface area contributed by atoms with E-state index in [-0.39, 0.29) is 12.2 Å². The smallest absolute Gasteiger partial charge is 0.170 e. The van der Waals surface area contributed by atoms with E-state index in [1.54, 1.807) is 12.1 Å². The van der Waals surface area contributed by atoms with Crippen molar-refractivity contribution in [2.24, 2.45) is 0 Å². The van der Waals surface area contributed by atoms with Crippen LogP contribution in [0.4, 0.5) is 0 Å². The summed E-state index contributed by atoms with van der Waals surface area (Å²) in [5, 5.41) is 9.96. The minimum Gasteiger partial charge on any atom is -0.381 e. The average molecular weight is 305 g/mol. The first kappa shape index (κ1) is 13.0. The van der Waals surface area contributed by atoms with Crippen molar-refractivity contribution in [3.63, 3.8) is 0 Å². The number of hydrogen-bond donors (Lipinski definition) is 1. The molecule has 1 atom stereocenters. The zero-order valence-electron chi connectivity index (χ0n) is 9.71. The standard InChI is InChI=1S/C15H13BrO2/c16-13-8-4-5-11(9-13)10-14(17)15(18)12-6-2-1-3-7-12/h1-9,15,18H,10H2. The lowest BCUT2D eigenvalue weighted by Gasteiger charge is -2.10. The fraction of sp³-hybridized carbons (Fsp3) is 0.133. The number of aliphatic hydroxyl groups excluding tert-OH is 1. The molecule has 0 heterocycles. The summed E-state index contributed by atoms with van der Waals surface area (Å²) in [6, 6.07) is 16.5. The first-order valence-electron chi connectivity index (χ1n) is 5.67. The van der Waals surface area contributed by atoms with Crippen molar-refractivity contribution in [3.8, 4) is 0 Å². The monoisotopic (exact) mass is 304 g/mol. The molecule has 0 aliphatic rings. The van der Waals surface area contributed by atoms with Gasteiger partial charge < -0.3 is 5.11 Å². The quantitative estimate of drug-likeness (QED) is 0.941. The van der Waals surface area contributed by atoms with Crippen LogP contribution in [0, 0.1) is 0 Å². The van der Waals surface area contributed by atoms with Gasteiger partial charge in [-0.25, -0.2) is 0 Å². The summed E-state index contributed by atoms with van der Waals surface area (Å²) < 4.78 is 0.932. The molecule has 3 heteroatoms. The molecule has 18 heavy (non-hydrogen) atoms. The van der Waals surface area contributed by atoms with E-state index >= 15 is 0 Å². The van der Waals surface area contributed by atoms with Gasteiger partial charge in [0.25, 0.3) is 0 Å². The minimum atomic E-state index is -1.05. The van der Waals surface area contributed by atoms with Crippen LogP contribution in [0.5, 0.6) is 0 Å². The second kappa shape index (κ2) is 5.94. The lowest BCUT2D eigenvalue weighted by atomic mass is 10.0. The van der Waals surface area contributed by atoms with Gasteiger partial charge in [-0.1, -0.05) is 58.4 Å². The zero-order chi connectivity index (χ0) is 13.0. The van der Waals surface area contributed by atoms with Gasteiger partial charge in [-0.2, -0.15) is 0 Å². The maximum Gasteiger partial charge on any atom is 0.170 e. The van der Waals surface area contributed by atoms with Crippen LogP contribution in [0.25, 0.3) is 0 Å². The number of benzene rings is 2. The second-order valence-corrected chi connectivity index (χ2v) is 5.00. The molecule has 2 aromatic rings. The minimum absolute atomic E-state index is 0.195.